The maximum atomic E-state index is 13.6. The molecule has 0 unspecified atom stereocenters. The average molecular weight is 516 g/mol. The van der Waals surface area contributed by atoms with Crippen molar-refractivity contribution in [2.45, 2.75) is 51.7 Å². The van der Waals surface area contributed by atoms with Gasteiger partial charge in [-0.2, -0.15) is 13.2 Å². The van der Waals surface area contributed by atoms with Crippen LogP contribution in [0.25, 0.3) is 22.3 Å². The lowest BCUT2D eigenvalue weighted by Gasteiger charge is -2.31. The highest BCUT2D eigenvalue weighted by Gasteiger charge is 2.33. The Morgan fingerprint density at radius 1 is 1.16 bits per heavy atom. The van der Waals surface area contributed by atoms with E-state index in [1.807, 2.05) is 0 Å². The zero-order valence-electron chi connectivity index (χ0n) is 20.6. The summed E-state index contributed by atoms with van der Waals surface area (Å²) in [4.78, 5) is 38.3. The second-order valence-electron chi connectivity index (χ2n) is 9.79. The zero-order valence-corrected chi connectivity index (χ0v) is 20.6. The molecule has 2 aromatic heterocycles. The number of halogens is 3. The van der Waals surface area contributed by atoms with Crippen molar-refractivity contribution in [2.75, 3.05) is 19.7 Å². The number of hydrogen-bond donors (Lipinski definition) is 2. The van der Waals surface area contributed by atoms with Crippen LogP contribution in [0.5, 0.6) is 5.75 Å². The molecule has 0 bridgehead atoms. The summed E-state index contributed by atoms with van der Waals surface area (Å²) in [6, 6.07) is 3.26. The Balaban J connectivity index is 1.48. The van der Waals surface area contributed by atoms with E-state index in [1.165, 1.54) is 19.3 Å². The summed E-state index contributed by atoms with van der Waals surface area (Å²) >= 11 is 0. The third kappa shape index (κ3) is 5.26. The highest BCUT2D eigenvalue weighted by atomic mass is 19.4. The Kier molecular flexibility index (Phi) is 6.55. The number of H-pyrrole nitrogens is 1. The number of nitrogens with zero attached hydrogens (tertiary/aromatic N) is 3. The largest absolute Gasteiger partial charge is 0.493 e. The van der Waals surface area contributed by atoms with Crippen LogP contribution in [0.1, 0.15) is 54.2 Å². The number of carbonyl (C=O) groups excluding carboxylic acids is 2. The smallest absolute Gasteiger partial charge is 0.416 e. The fourth-order valence-electron chi connectivity index (χ4n) is 4.71. The lowest BCUT2D eigenvalue weighted by Crippen LogP contribution is -2.46. The molecule has 2 aliphatic rings. The number of piperidine rings is 1. The van der Waals surface area contributed by atoms with E-state index in [0.717, 1.165) is 25.0 Å². The molecular formula is C26H28F3N5O3. The summed E-state index contributed by atoms with van der Waals surface area (Å²) in [7, 11) is 0. The van der Waals surface area contributed by atoms with Crippen molar-refractivity contribution in [3.63, 3.8) is 0 Å². The van der Waals surface area contributed by atoms with E-state index in [1.54, 1.807) is 11.8 Å². The summed E-state index contributed by atoms with van der Waals surface area (Å²) in [6.45, 7) is 4.80. The van der Waals surface area contributed by atoms with Crippen LogP contribution in [-0.4, -0.2) is 57.4 Å². The van der Waals surface area contributed by atoms with Crippen LogP contribution >= 0.6 is 0 Å². The maximum Gasteiger partial charge on any atom is 0.416 e. The van der Waals surface area contributed by atoms with E-state index in [0.29, 0.717) is 66.5 Å². The van der Waals surface area contributed by atoms with Gasteiger partial charge in [0.05, 0.1) is 23.3 Å². The number of carbonyl (C=O) groups is 2. The van der Waals surface area contributed by atoms with Gasteiger partial charge in [-0.25, -0.2) is 9.97 Å². The van der Waals surface area contributed by atoms with Crippen LogP contribution in [0.3, 0.4) is 0 Å². The number of benzene rings is 1. The molecule has 1 aliphatic carbocycles. The molecule has 0 atom stereocenters. The molecule has 8 nitrogen and oxygen atoms in total. The molecule has 2 amide bonds. The molecule has 1 aromatic carbocycles. The van der Waals surface area contributed by atoms with E-state index in [9.17, 15) is 22.8 Å². The molecule has 2 fully saturated rings. The Morgan fingerprint density at radius 3 is 2.54 bits per heavy atom. The minimum Gasteiger partial charge on any atom is -0.493 e. The van der Waals surface area contributed by atoms with Crippen LogP contribution in [0.15, 0.2) is 24.5 Å². The standard InChI is InChI=1S/C26H28F3N5O3/c1-14-21(25(36)33-18-7-9-34(10-8-18)15(2)35)23-24(32-14)22(30-13-31-23)19-11-17(26(27,28)29)5-6-20(19)37-12-16-3-4-16/h5-6,11,13,16,18,32H,3-4,7-10,12H2,1-2H3,(H,33,36). The number of amides is 2. The predicted octanol–water partition coefficient (Wildman–Crippen LogP) is 4.48. The van der Waals surface area contributed by atoms with E-state index < -0.39 is 11.7 Å². The van der Waals surface area contributed by atoms with Crippen LogP contribution in [0.2, 0.25) is 0 Å². The van der Waals surface area contributed by atoms with Crippen molar-refractivity contribution in [1.29, 1.82) is 0 Å². The number of fused-ring (bicyclic) bond motifs is 1. The Hall–Kier alpha value is -3.63. The van der Waals surface area contributed by atoms with Gasteiger partial charge in [0.2, 0.25) is 5.91 Å². The van der Waals surface area contributed by atoms with Gasteiger partial charge in [-0.05, 0) is 56.7 Å². The quantitative estimate of drug-likeness (QED) is 0.504. The molecule has 3 heterocycles. The van der Waals surface area contributed by atoms with Crippen molar-refractivity contribution >= 4 is 22.8 Å². The fraction of sp³-hybridized carbons (Fsp3) is 0.462. The van der Waals surface area contributed by atoms with Crippen LogP contribution in [0, 0.1) is 12.8 Å². The monoisotopic (exact) mass is 515 g/mol. The van der Waals surface area contributed by atoms with Gasteiger partial charge in [0, 0.05) is 37.3 Å². The SMILES string of the molecule is CC(=O)N1CCC(NC(=O)c2c(C)[nH]c3c(-c4cc(C(F)(F)F)ccc4OCC4CC4)ncnc23)CC1. The van der Waals surface area contributed by atoms with Crippen molar-refractivity contribution in [1.82, 2.24) is 25.2 Å². The minimum absolute atomic E-state index is 0.0107. The third-order valence-electron chi connectivity index (χ3n) is 7.01. The number of ether oxygens (including phenoxy) is 1. The highest BCUT2D eigenvalue weighted by Crippen LogP contribution is 2.40. The van der Waals surface area contributed by atoms with Crippen molar-refractivity contribution < 1.29 is 27.5 Å². The minimum atomic E-state index is -4.54. The van der Waals surface area contributed by atoms with Crippen LogP contribution in [-0.2, 0) is 11.0 Å². The third-order valence-corrected chi connectivity index (χ3v) is 7.01. The molecule has 2 N–H and O–H groups in total. The Labute approximate surface area is 211 Å². The van der Waals surface area contributed by atoms with Crippen molar-refractivity contribution in [3.8, 4) is 17.0 Å². The normalized spacial score (nSPS) is 16.7. The summed E-state index contributed by atoms with van der Waals surface area (Å²) in [5, 5.41) is 3.02. The maximum absolute atomic E-state index is 13.6. The van der Waals surface area contributed by atoms with E-state index in [4.69, 9.17) is 4.74 Å². The number of aryl methyl sites for hydroxylation is 1. The summed E-state index contributed by atoms with van der Waals surface area (Å²) in [6.07, 6.45) is 0.0614. The van der Waals surface area contributed by atoms with Gasteiger partial charge in [0.1, 0.15) is 23.3 Å². The molecule has 3 aromatic rings. The highest BCUT2D eigenvalue weighted by molar-refractivity contribution is 6.09. The molecule has 37 heavy (non-hydrogen) atoms. The Morgan fingerprint density at radius 2 is 1.89 bits per heavy atom. The van der Waals surface area contributed by atoms with Gasteiger partial charge in [0.25, 0.3) is 5.91 Å². The number of nitrogens with one attached hydrogen (secondary N) is 2. The number of rotatable bonds is 6. The Bertz CT molecular complexity index is 1340. The van der Waals surface area contributed by atoms with Crippen molar-refractivity contribution in [2.24, 2.45) is 5.92 Å². The van der Waals surface area contributed by atoms with Crippen LogP contribution < -0.4 is 10.1 Å². The lowest BCUT2D eigenvalue weighted by atomic mass is 10.0. The van der Waals surface area contributed by atoms with Gasteiger partial charge in [-0.1, -0.05) is 0 Å². The number of aromatic nitrogens is 3. The second kappa shape index (κ2) is 9.68. The first-order valence-electron chi connectivity index (χ1n) is 12.4. The number of alkyl halides is 3. The first-order valence-corrected chi connectivity index (χ1v) is 12.4. The molecule has 5 rings (SSSR count). The number of likely N-dealkylation sites (tertiary alicyclic amines) is 1. The van der Waals surface area contributed by atoms with Gasteiger partial charge >= 0.3 is 6.18 Å². The number of aromatic amines is 1. The van der Waals surface area contributed by atoms with Gasteiger partial charge in [0.15, 0.2) is 0 Å². The second-order valence-corrected chi connectivity index (χ2v) is 9.79. The lowest BCUT2D eigenvalue weighted by molar-refractivity contribution is -0.137. The van der Waals surface area contributed by atoms with E-state index in [-0.39, 0.29) is 29.1 Å². The molecule has 0 radical (unpaired) electrons. The predicted molar refractivity (Wildman–Crippen MR) is 130 cm³/mol. The molecular weight excluding hydrogens is 487 g/mol. The number of hydrogen-bond acceptors (Lipinski definition) is 5. The summed E-state index contributed by atoms with van der Waals surface area (Å²) in [5.41, 5.74) is 1.15. The van der Waals surface area contributed by atoms with Gasteiger partial charge < -0.3 is 19.9 Å². The topological polar surface area (TPSA) is 100 Å². The van der Waals surface area contributed by atoms with Crippen molar-refractivity contribution in [3.05, 3.63) is 41.3 Å². The van der Waals surface area contributed by atoms with Gasteiger partial charge in [-0.3, -0.25) is 9.59 Å². The molecule has 11 heteroatoms. The average Bonchev–Trinajstić information content (AvgIpc) is 3.62. The molecule has 0 spiro atoms. The molecule has 1 aliphatic heterocycles. The van der Waals surface area contributed by atoms with Gasteiger partial charge in [-0.15, -0.1) is 0 Å². The zero-order chi connectivity index (χ0) is 26.3. The fourth-order valence-corrected chi connectivity index (χ4v) is 4.71. The van der Waals surface area contributed by atoms with E-state index in [2.05, 4.69) is 20.3 Å². The molecule has 1 saturated carbocycles. The summed E-state index contributed by atoms with van der Waals surface area (Å²) in [5.74, 6) is 0.391. The molecule has 196 valence electrons. The molecule has 1 saturated heterocycles. The first-order chi connectivity index (χ1) is 17.6. The van der Waals surface area contributed by atoms with E-state index >= 15 is 0 Å². The van der Waals surface area contributed by atoms with Crippen LogP contribution in [0.4, 0.5) is 13.2 Å². The summed E-state index contributed by atoms with van der Waals surface area (Å²) < 4.78 is 46.6. The first kappa shape index (κ1) is 25.0.